The Morgan fingerprint density at radius 2 is 1.90 bits per heavy atom. The molecule has 0 radical (unpaired) electrons. The minimum absolute atomic E-state index is 0.108. The quantitative estimate of drug-likeness (QED) is 0.580. The van der Waals surface area contributed by atoms with Crippen molar-refractivity contribution in [2.45, 2.75) is 56.0 Å². The number of hydrogen-bond acceptors (Lipinski definition) is 6. The van der Waals surface area contributed by atoms with Gasteiger partial charge in [-0.05, 0) is 56.9 Å². The largest absolute Gasteiger partial charge is 0.494 e. The molecule has 1 saturated heterocycles. The predicted molar refractivity (Wildman–Crippen MR) is 115 cm³/mol. The van der Waals surface area contributed by atoms with E-state index in [1.807, 2.05) is 6.92 Å². The normalized spacial score (nSPS) is 20.1. The molecule has 1 saturated carbocycles. The van der Waals surface area contributed by atoms with Gasteiger partial charge >= 0.3 is 5.69 Å². The van der Waals surface area contributed by atoms with Gasteiger partial charge in [0.25, 0.3) is 0 Å². The molecule has 1 aromatic carbocycles. The molecule has 1 unspecified atom stereocenters. The molecule has 4 rings (SSSR count). The average Bonchev–Trinajstić information content (AvgIpc) is 3.56. The topological polar surface area (TPSA) is 95.7 Å². The maximum absolute atomic E-state index is 13.3. The summed E-state index contributed by atoms with van der Waals surface area (Å²) in [5, 5.41) is 4.60. The maximum Gasteiger partial charge on any atom is 0.346 e. The van der Waals surface area contributed by atoms with Gasteiger partial charge < -0.3 is 9.47 Å². The third kappa shape index (κ3) is 4.56. The van der Waals surface area contributed by atoms with E-state index in [1.54, 1.807) is 35.9 Å². The fourth-order valence-electron chi connectivity index (χ4n) is 4.11. The van der Waals surface area contributed by atoms with Crippen LogP contribution in [0.25, 0.3) is 0 Å². The van der Waals surface area contributed by atoms with Crippen LogP contribution in [0.1, 0.15) is 50.4 Å². The fraction of sp³-hybridized carbons (Fsp3) is 0.619. The molecule has 1 aliphatic carbocycles. The van der Waals surface area contributed by atoms with Gasteiger partial charge in [0.1, 0.15) is 11.6 Å². The Morgan fingerprint density at radius 3 is 2.55 bits per heavy atom. The number of hydrogen-bond donors (Lipinski definition) is 0. The molecule has 170 valence electrons. The number of sulfonamides is 1. The monoisotopic (exact) mass is 450 g/mol. The van der Waals surface area contributed by atoms with E-state index in [0.29, 0.717) is 44.4 Å². The first kappa shape index (κ1) is 22.0. The summed E-state index contributed by atoms with van der Waals surface area (Å²) in [6, 6.07) is 6.71. The van der Waals surface area contributed by atoms with E-state index in [-0.39, 0.29) is 22.5 Å². The van der Waals surface area contributed by atoms with Gasteiger partial charge in [-0.3, -0.25) is 4.57 Å². The third-order valence-corrected chi connectivity index (χ3v) is 7.72. The number of piperidine rings is 1. The van der Waals surface area contributed by atoms with Crippen molar-refractivity contribution in [1.82, 2.24) is 18.7 Å². The van der Waals surface area contributed by atoms with Crippen molar-refractivity contribution < 1.29 is 17.9 Å². The first-order chi connectivity index (χ1) is 15.0. The summed E-state index contributed by atoms with van der Waals surface area (Å²) in [4.78, 5) is 13.1. The summed E-state index contributed by atoms with van der Waals surface area (Å²) in [6.07, 6.45) is 3.46. The Labute approximate surface area is 182 Å². The van der Waals surface area contributed by atoms with E-state index >= 15 is 0 Å². The Bertz CT molecular complexity index is 1060. The van der Waals surface area contributed by atoms with Crippen LogP contribution in [0, 0.1) is 0 Å². The van der Waals surface area contributed by atoms with E-state index in [9.17, 15) is 13.2 Å². The first-order valence-electron chi connectivity index (χ1n) is 10.9. The molecule has 2 heterocycles. The second-order valence-electron chi connectivity index (χ2n) is 8.06. The van der Waals surface area contributed by atoms with Crippen molar-refractivity contribution in [3.63, 3.8) is 0 Å². The highest BCUT2D eigenvalue weighted by Crippen LogP contribution is 2.37. The molecule has 0 spiro atoms. The van der Waals surface area contributed by atoms with Crippen molar-refractivity contribution in [2.24, 2.45) is 0 Å². The number of rotatable bonds is 9. The van der Waals surface area contributed by atoms with E-state index in [4.69, 9.17) is 9.47 Å². The zero-order chi connectivity index (χ0) is 22.0. The van der Waals surface area contributed by atoms with Gasteiger partial charge in [-0.25, -0.2) is 17.9 Å². The van der Waals surface area contributed by atoms with Crippen molar-refractivity contribution >= 4 is 10.0 Å². The molecule has 10 heteroatoms. The van der Waals surface area contributed by atoms with Gasteiger partial charge in [0, 0.05) is 32.2 Å². The Morgan fingerprint density at radius 1 is 1.16 bits per heavy atom. The highest BCUT2D eigenvalue weighted by Gasteiger charge is 2.37. The van der Waals surface area contributed by atoms with Crippen LogP contribution in [0.15, 0.2) is 34.0 Å². The molecular formula is C21H30N4O5S. The Balaban J connectivity index is 1.58. The third-order valence-electron chi connectivity index (χ3n) is 5.84. The number of nitrogens with zero attached hydrogens (tertiary/aromatic N) is 4. The number of aromatic nitrogens is 3. The molecule has 0 amide bonds. The van der Waals surface area contributed by atoms with Gasteiger partial charge in [-0.15, -0.1) is 0 Å². The molecule has 2 aliphatic rings. The predicted octanol–water partition coefficient (Wildman–Crippen LogP) is 1.99. The lowest BCUT2D eigenvalue weighted by molar-refractivity contribution is 0.182. The number of methoxy groups -OCH3 is 1. The van der Waals surface area contributed by atoms with E-state index in [0.717, 1.165) is 25.7 Å². The lowest BCUT2D eigenvalue weighted by Gasteiger charge is -2.31. The standard InChI is InChI=1S/C21H30N4O5S/c1-3-30-18-8-10-19(11-9-18)31(27,28)23-12-4-5-16(15-23)20-22-24(13-14-29-2)21(26)25(20)17-6-7-17/h8-11,16-17H,3-7,12-15H2,1-2H3. The summed E-state index contributed by atoms with van der Waals surface area (Å²) < 4.78 is 41.8. The first-order valence-corrected chi connectivity index (χ1v) is 12.3. The van der Waals surface area contributed by atoms with Gasteiger partial charge in [0.05, 0.1) is 24.7 Å². The summed E-state index contributed by atoms with van der Waals surface area (Å²) in [5.41, 5.74) is -0.124. The van der Waals surface area contributed by atoms with Crippen molar-refractivity contribution in [3.8, 4) is 5.75 Å². The van der Waals surface area contributed by atoms with Crippen LogP contribution < -0.4 is 10.4 Å². The van der Waals surface area contributed by atoms with Crippen LogP contribution in [-0.2, 0) is 21.3 Å². The smallest absolute Gasteiger partial charge is 0.346 e. The molecule has 0 bridgehead atoms. The molecule has 9 nitrogen and oxygen atoms in total. The van der Waals surface area contributed by atoms with Gasteiger partial charge in [-0.1, -0.05) is 0 Å². The van der Waals surface area contributed by atoms with Gasteiger partial charge in [-0.2, -0.15) is 9.40 Å². The van der Waals surface area contributed by atoms with E-state index < -0.39 is 10.0 Å². The maximum atomic E-state index is 13.3. The van der Waals surface area contributed by atoms with Gasteiger partial charge in [0.2, 0.25) is 10.0 Å². The van der Waals surface area contributed by atoms with E-state index in [1.165, 1.54) is 8.99 Å². The highest BCUT2D eigenvalue weighted by molar-refractivity contribution is 7.89. The molecule has 31 heavy (non-hydrogen) atoms. The SMILES string of the molecule is CCOc1ccc(S(=O)(=O)N2CCCC(c3nn(CCOC)c(=O)n3C3CC3)C2)cc1. The molecule has 2 aromatic rings. The Hall–Kier alpha value is -2.17. The lowest BCUT2D eigenvalue weighted by atomic mass is 9.99. The fourth-order valence-corrected chi connectivity index (χ4v) is 5.63. The minimum Gasteiger partial charge on any atom is -0.494 e. The van der Waals surface area contributed by atoms with E-state index in [2.05, 4.69) is 5.10 Å². The molecular weight excluding hydrogens is 420 g/mol. The second kappa shape index (κ2) is 9.13. The molecule has 1 atom stereocenters. The summed E-state index contributed by atoms with van der Waals surface area (Å²) in [5.74, 6) is 1.24. The van der Waals surface area contributed by atoms with Crippen molar-refractivity contribution in [3.05, 3.63) is 40.6 Å². The highest BCUT2D eigenvalue weighted by atomic mass is 32.2. The number of ether oxygens (including phenoxy) is 2. The van der Waals surface area contributed by atoms with Crippen molar-refractivity contribution in [2.75, 3.05) is 33.4 Å². The van der Waals surface area contributed by atoms with Crippen LogP contribution >= 0.6 is 0 Å². The molecule has 2 fully saturated rings. The average molecular weight is 451 g/mol. The van der Waals surface area contributed by atoms with Crippen molar-refractivity contribution in [1.29, 1.82) is 0 Å². The number of benzene rings is 1. The summed E-state index contributed by atoms with van der Waals surface area (Å²) in [7, 11) is -2.04. The van der Waals surface area contributed by atoms with Gasteiger partial charge in [0.15, 0.2) is 0 Å². The minimum atomic E-state index is -3.63. The molecule has 1 aliphatic heterocycles. The summed E-state index contributed by atoms with van der Waals surface area (Å²) >= 11 is 0. The molecule has 1 aromatic heterocycles. The molecule has 0 N–H and O–H groups in total. The van der Waals surface area contributed by atoms with Crippen LogP contribution in [0.5, 0.6) is 5.75 Å². The van der Waals surface area contributed by atoms with Crippen LogP contribution in [0.2, 0.25) is 0 Å². The van der Waals surface area contributed by atoms with Crippen LogP contribution in [0.3, 0.4) is 0 Å². The zero-order valence-corrected chi connectivity index (χ0v) is 18.9. The summed E-state index contributed by atoms with van der Waals surface area (Å²) in [6.45, 7) is 4.00. The second-order valence-corrected chi connectivity index (χ2v) is 10.0. The van der Waals surface area contributed by atoms with Crippen LogP contribution in [0.4, 0.5) is 0 Å². The Kier molecular flexibility index (Phi) is 6.49. The zero-order valence-electron chi connectivity index (χ0n) is 18.1. The lowest BCUT2D eigenvalue weighted by Crippen LogP contribution is -2.40. The van der Waals surface area contributed by atoms with Crippen LogP contribution in [-0.4, -0.2) is 60.5 Å².